The molecule has 0 N–H and O–H groups in total. The van der Waals surface area contributed by atoms with Crippen molar-refractivity contribution < 1.29 is 9.15 Å². The summed E-state index contributed by atoms with van der Waals surface area (Å²) >= 11 is 1.53. The fraction of sp³-hybridized carbons (Fsp3) is 0.130. The molecule has 140 valence electrons. The highest BCUT2D eigenvalue weighted by Crippen LogP contribution is 2.31. The summed E-state index contributed by atoms with van der Waals surface area (Å²) in [5.74, 6) is 1.21. The zero-order valence-corrected chi connectivity index (χ0v) is 16.3. The molecule has 4 aromatic rings. The maximum atomic E-state index is 5.87. The number of benzene rings is 3. The van der Waals surface area contributed by atoms with Gasteiger partial charge in [-0.15, -0.1) is 10.2 Å². The topological polar surface area (TPSA) is 48.2 Å². The molecule has 0 saturated carbocycles. The largest absolute Gasteiger partial charge is 0.413 e. The zero-order chi connectivity index (χ0) is 19.2. The molecule has 0 saturated heterocycles. The number of thioether (sulfide) groups is 1. The summed E-state index contributed by atoms with van der Waals surface area (Å²) in [6.07, 6.45) is -0.361. The van der Waals surface area contributed by atoms with Crippen LogP contribution in [0, 0.1) is 0 Å². The number of hydrogen-bond donors (Lipinski definition) is 0. The van der Waals surface area contributed by atoms with Crippen molar-refractivity contribution in [2.24, 2.45) is 0 Å². The first-order valence-electron chi connectivity index (χ1n) is 9.02. The van der Waals surface area contributed by atoms with Crippen molar-refractivity contribution in [2.75, 3.05) is 7.11 Å². The molecule has 4 rings (SSSR count). The minimum Gasteiger partial charge on any atom is -0.413 e. The summed E-state index contributed by atoms with van der Waals surface area (Å²) in [4.78, 5) is 0. The van der Waals surface area contributed by atoms with Gasteiger partial charge in [-0.2, -0.15) is 0 Å². The summed E-state index contributed by atoms with van der Waals surface area (Å²) in [6, 6.07) is 28.6. The minimum absolute atomic E-state index is 0.361. The fourth-order valence-electron chi connectivity index (χ4n) is 3.08. The average Bonchev–Trinajstić information content (AvgIpc) is 3.23. The van der Waals surface area contributed by atoms with Gasteiger partial charge in [0.25, 0.3) is 11.1 Å². The summed E-state index contributed by atoms with van der Waals surface area (Å²) < 4.78 is 11.4. The second-order valence-corrected chi connectivity index (χ2v) is 7.17. The van der Waals surface area contributed by atoms with Gasteiger partial charge in [-0.25, -0.2) is 0 Å². The maximum absolute atomic E-state index is 5.87. The molecule has 0 aliphatic heterocycles. The molecule has 0 amide bonds. The Bertz CT molecular complexity index is 1020. The molecule has 0 aliphatic rings. The molecule has 1 atom stereocenters. The van der Waals surface area contributed by atoms with E-state index in [-0.39, 0.29) is 6.10 Å². The van der Waals surface area contributed by atoms with Gasteiger partial charge in [0.2, 0.25) is 0 Å². The molecule has 0 aliphatic carbocycles. The van der Waals surface area contributed by atoms with E-state index in [1.165, 1.54) is 28.5 Å². The third-order valence-electron chi connectivity index (χ3n) is 4.44. The van der Waals surface area contributed by atoms with Crippen LogP contribution in [0.3, 0.4) is 0 Å². The highest BCUT2D eigenvalue weighted by atomic mass is 32.2. The van der Waals surface area contributed by atoms with E-state index in [4.69, 9.17) is 9.15 Å². The van der Waals surface area contributed by atoms with Crippen molar-refractivity contribution in [3.05, 3.63) is 102 Å². The van der Waals surface area contributed by atoms with Crippen LogP contribution in [0.2, 0.25) is 0 Å². The average molecular weight is 388 g/mol. The second-order valence-electron chi connectivity index (χ2n) is 6.24. The normalized spacial score (nSPS) is 12.0. The summed E-state index contributed by atoms with van der Waals surface area (Å²) in [5.41, 5.74) is 4.63. The second kappa shape index (κ2) is 8.87. The van der Waals surface area contributed by atoms with Crippen LogP contribution < -0.4 is 0 Å². The SMILES string of the molecule is COC(c1ccccc1)c1nnc(SCc2ccccc2-c2ccccc2)o1. The van der Waals surface area contributed by atoms with Crippen molar-refractivity contribution in [1.82, 2.24) is 10.2 Å². The monoisotopic (exact) mass is 388 g/mol. The number of aromatic nitrogens is 2. The standard InChI is InChI=1S/C23H20N2O2S/c1-26-21(18-12-6-3-7-13-18)22-24-25-23(27-22)28-16-19-14-8-9-15-20(19)17-10-4-2-5-11-17/h2-15,21H,16H2,1H3. The highest BCUT2D eigenvalue weighted by Gasteiger charge is 2.20. The van der Waals surface area contributed by atoms with Crippen LogP contribution in [0.4, 0.5) is 0 Å². The lowest BCUT2D eigenvalue weighted by Gasteiger charge is -2.11. The smallest absolute Gasteiger partial charge is 0.277 e. The zero-order valence-electron chi connectivity index (χ0n) is 15.5. The Balaban J connectivity index is 1.50. The van der Waals surface area contributed by atoms with Gasteiger partial charge in [0.1, 0.15) is 0 Å². The van der Waals surface area contributed by atoms with Gasteiger partial charge in [-0.3, -0.25) is 0 Å². The van der Waals surface area contributed by atoms with Gasteiger partial charge < -0.3 is 9.15 Å². The van der Waals surface area contributed by atoms with E-state index in [1.807, 2.05) is 36.4 Å². The third-order valence-corrected chi connectivity index (χ3v) is 5.30. The minimum atomic E-state index is -0.361. The van der Waals surface area contributed by atoms with E-state index >= 15 is 0 Å². The van der Waals surface area contributed by atoms with Crippen molar-refractivity contribution in [1.29, 1.82) is 0 Å². The van der Waals surface area contributed by atoms with Crippen LogP contribution in [0.25, 0.3) is 11.1 Å². The van der Waals surface area contributed by atoms with Crippen LogP contribution >= 0.6 is 11.8 Å². The Morgan fingerprint density at radius 3 is 2.29 bits per heavy atom. The van der Waals surface area contributed by atoms with Gasteiger partial charge in [-0.1, -0.05) is 96.7 Å². The molecular weight excluding hydrogens is 368 g/mol. The van der Waals surface area contributed by atoms with Crippen molar-refractivity contribution in [3.63, 3.8) is 0 Å². The predicted molar refractivity (Wildman–Crippen MR) is 111 cm³/mol. The number of methoxy groups -OCH3 is 1. The van der Waals surface area contributed by atoms with Gasteiger partial charge in [-0.05, 0) is 22.3 Å². The molecule has 28 heavy (non-hydrogen) atoms. The molecule has 3 aromatic carbocycles. The predicted octanol–water partition coefficient (Wildman–Crippen LogP) is 5.76. The lowest BCUT2D eigenvalue weighted by Crippen LogP contribution is -2.03. The number of hydrogen-bond acceptors (Lipinski definition) is 5. The van der Waals surface area contributed by atoms with E-state index in [9.17, 15) is 0 Å². The molecule has 0 bridgehead atoms. The molecule has 4 nitrogen and oxygen atoms in total. The molecule has 1 unspecified atom stereocenters. The van der Waals surface area contributed by atoms with E-state index in [1.54, 1.807) is 7.11 Å². The first-order valence-corrected chi connectivity index (χ1v) is 10.0. The van der Waals surface area contributed by atoms with Crippen LogP contribution in [0.1, 0.15) is 23.1 Å². The molecule has 0 radical (unpaired) electrons. The Hall–Kier alpha value is -2.89. The lowest BCUT2D eigenvalue weighted by molar-refractivity contribution is 0.108. The first kappa shape index (κ1) is 18.5. The van der Waals surface area contributed by atoms with Gasteiger partial charge >= 0.3 is 0 Å². The van der Waals surface area contributed by atoms with Crippen molar-refractivity contribution in [3.8, 4) is 11.1 Å². The fourth-order valence-corrected chi connectivity index (χ4v) is 3.85. The molecule has 0 fully saturated rings. The highest BCUT2D eigenvalue weighted by molar-refractivity contribution is 7.98. The molecule has 0 spiro atoms. The summed E-state index contributed by atoms with van der Waals surface area (Å²) in [5, 5.41) is 8.93. The summed E-state index contributed by atoms with van der Waals surface area (Å²) in [7, 11) is 1.64. The van der Waals surface area contributed by atoms with Gasteiger partial charge in [0.05, 0.1) is 0 Å². The quantitative estimate of drug-likeness (QED) is 0.376. The van der Waals surface area contributed by atoms with Gasteiger partial charge in [0.15, 0.2) is 6.10 Å². The lowest BCUT2D eigenvalue weighted by atomic mass is 10.0. The van der Waals surface area contributed by atoms with Crippen LogP contribution in [-0.2, 0) is 10.5 Å². The third kappa shape index (κ3) is 4.16. The first-order chi connectivity index (χ1) is 13.8. The molecule has 1 aromatic heterocycles. The van der Waals surface area contributed by atoms with E-state index in [0.29, 0.717) is 11.1 Å². The number of ether oxygens (including phenoxy) is 1. The Kier molecular flexibility index (Phi) is 5.85. The maximum Gasteiger partial charge on any atom is 0.277 e. The van der Waals surface area contributed by atoms with Crippen LogP contribution in [0.15, 0.2) is 94.6 Å². The van der Waals surface area contributed by atoms with Gasteiger partial charge in [0, 0.05) is 12.9 Å². The van der Waals surface area contributed by atoms with E-state index < -0.39 is 0 Å². The summed E-state index contributed by atoms with van der Waals surface area (Å²) in [6.45, 7) is 0. The Labute approximate surface area is 168 Å². The van der Waals surface area contributed by atoms with Crippen molar-refractivity contribution in [2.45, 2.75) is 17.1 Å². The molecule has 5 heteroatoms. The van der Waals surface area contributed by atoms with Crippen molar-refractivity contribution >= 4 is 11.8 Å². The number of rotatable bonds is 7. The Morgan fingerprint density at radius 1 is 0.857 bits per heavy atom. The molecular formula is C23H20N2O2S. The van der Waals surface area contributed by atoms with Crippen LogP contribution in [0.5, 0.6) is 0 Å². The van der Waals surface area contributed by atoms with E-state index in [2.05, 4.69) is 58.7 Å². The van der Waals surface area contributed by atoms with Crippen LogP contribution in [-0.4, -0.2) is 17.3 Å². The molecule has 1 heterocycles. The number of nitrogens with zero attached hydrogens (tertiary/aromatic N) is 2. The van der Waals surface area contributed by atoms with E-state index in [0.717, 1.165) is 11.3 Å². The Morgan fingerprint density at radius 2 is 1.54 bits per heavy atom.